The summed E-state index contributed by atoms with van der Waals surface area (Å²) in [5, 5.41) is 0. The average molecular weight is 467 g/mol. The smallest absolute Gasteiger partial charge is 0.244 e. The molecule has 0 saturated carbocycles. The minimum atomic E-state index is -3.78. The van der Waals surface area contributed by atoms with E-state index in [1.165, 1.54) is 25.8 Å². The highest BCUT2D eigenvalue weighted by Gasteiger charge is 2.20. The van der Waals surface area contributed by atoms with Gasteiger partial charge in [-0.15, -0.1) is 0 Å². The average Bonchev–Trinajstić information content (AvgIpc) is 3.20. The lowest BCUT2D eigenvalue weighted by molar-refractivity contribution is 0.392. The second kappa shape index (κ2) is 9.60. The number of methoxy groups -OCH3 is 2. The minimum Gasteiger partial charge on any atom is -0.497 e. The fraction of sp³-hybridized carbons (Fsp3) is 0.250. The summed E-state index contributed by atoms with van der Waals surface area (Å²) in [7, 11) is -0.860. The number of nitrogens with zero attached hydrogens (tertiary/aromatic N) is 3. The van der Waals surface area contributed by atoms with Gasteiger partial charge in [0.15, 0.2) is 5.65 Å². The van der Waals surface area contributed by atoms with Gasteiger partial charge in [0.1, 0.15) is 27.7 Å². The van der Waals surface area contributed by atoms with Crippen molar-refractivity contribution in [3.63, 3.8) is 0 Å². The van der Waals surface area contributed by atoms with E-state index in [0.29, 0.717) is 18.7 Å². The second-order valence-corrected chi connectivity index (χ2v) is 9.30. The molecule has 0 spiro atoms. The molecule has 0 aliphatic rings. The Morgan fingerprint density at radius 2 is 1.82 bits per heavy atom. The Morgan fingerprint density at radius 3 is 2.55 bits per heavy atom. The zero-order valence-electron chi connectivity index (χ0n) is 18.8. The number of imidazole rings is 1. The summed E-state index contributed by atoms with van der Waals surface area (Å²) in [5.74, 6) is 1.51. The summed E-state index contributed by atoms with van der Waals surface area (Å²) in [6, 6.07) is 16.6. The van der Waals surface area contributed by atoms with E-state index in [-0.39, 0.29) is 17.2 Å². The van der Waals surface area contributed by atoms with E-state index in [0.717, 1.165) is 22.6 Å². The first-order valence-electron chi connectivity index (χ1n) is 10.5. The Labute approximate surface area is 193 Å². The van der Waals surface area contributed by atoms with E-state index < -0.39 is 10.0 Å². The molecule has 0 aliphatic carbocycles. The summed E-state index contributed by atoms with van der Waals surface area (Å²) < 4.78 is 40.9. The van der Waals surface area contributed by atoms with Crippen molar-refractivity contribution in [2.24, 2.45) is 0 Å². The zero-order valence-corrected chi connectivity index (χ0v) is 19.6. The molecule has 0 amide bonds. The van der Waals surface area contributed by atoms with Crippen LogP contribution in [0.3, 0.4) is 0 Å². The van der Waals surface area contributed by atoms with Crippen LogP contribution in [0.5, 0.6) is 11.5 Å². The van der Waals surface area contributed by atoms with Gasteiger partial charge in [-0.3, -0.25) is 0 Å². The summed E-state index contributed by atoms with van der Waals surface area (Å²) in [6.07, 6.45) is 2.28. The molecular weight excluding hydrogens is 440 g/mol. The fourth-order valence-electron chi connectivity index (χ4n) is 3.61. The fourth-order valence-corrected chi connectivity index (χ4v) is 4.86. The van der Waals surface area contributed by atoms with Gasteiger partial charge in [-0.1, -0.05) is 29.8 Å². The molecule has 33 heavy (non-hydrogen) atoms. The topological polar surface area (TPSA) is 95.3 Å². The molecule has 0 bridgehead atoms. The van der Waals surface area contributed by atoms with Crippen LogP contribution in [-0.2, 0) is 16.6 Å². The van der Waals surface area contributed by atoms with Gasteiger partial charge in [0.2, 0.25) is 10.0 Å². The third-order valence-electron chi connectivity index (χ3n) is 5.32. The molecule has 2 aromatic heterocycles. The van der Waals surface area contributed by atoms with Crippen molar-refractivity contribution in [2.45, 2.75) is 24.8 Å². The molecule has 4 aromatic rings. The predicted octanol–water partition coefficient (Wildman–Crippen LogP) is 3.79. The van der Waals surface area contributed by atoms with Crippen molar-refractivity contribution < 1.29 is 17.9 Å². The van der Waals surface area contributed by atoms with Crippen molar-refractivity contribution in [3.05, 3.63) is 66.4 Å². The van der Waals surface area contributed by atoms with Crippen molar-refractivity contribution in [3.8, 4) is 22.9 Å². The first kappa shape index (κ1) is 22.8. The van der Waals surface area contributed by atoms with Gasteiger partial charge in [0.05, 0.1) is 14.2 Å². The number of ether oxygens (including phenoxy) is 2. The van der Waals surface area contributed by atoms with Crippen LogP contribution < -0.4 is 14.2 Å². The first-order valence-corrected chi connectivity index (χ1v) is 12.0. The van der Waals surface area contributed by atoms with Crippen LogP contribution in [0.2, 0.25) is 0 Å². The second-order valence-electron chi connectivity index (χ2n) is 7.57. The van der Waals surface area contributed by atoms with Crippen molar-refractivity contribution in [1.82, 2.24) is 19.3 Å². The van der Waals surface area contributed by atoms with Crippen LogP contribution >= 0.6 is 0 Å². The Balaban J connectivity index is 1.53. The molecule has 0 fully saturated rings. The monoisotopic (exact) mass is 466 g/mol. The Kier molecular flexibility index (Phi) is 6.62. The largest absolute Gasteiger partial charge is 0.497 e. The lowest BCUT2D eigenvalue weighted by Gasteiger charge is -2.13. The highest BCUT2D eigenvalue weighted by atomic mass is 32.2. The van der Waals surface area contributed by atoms with Gasteiger partial charge in [-0.25, -0.2) is 23.1 Å². The molecular formula is C24H26N4O4S. The quantitative estimate of drug-likeness (QED) is 0.377. The third-order valence-corrected chi connectivity index (χ3v) is 6.81. The summed E-state index contributed by atoms with van der Waals surface area (Å²) in [4.78, 5) is 9.30. The van der Waals surface area contributed by atoms with Crippen LogP contribution in [0.15, 0.2) is 65.7 Å². The van der Waals surface area contributed by atoms with E-state index in [1.54, 1.807) is 18.3 Å². The number of fused-ring (bicyclic) bond motifs is 1. The Hall–Kier alpha value is -3.43. The number of nitrogens with one attached hydrogen (secondary N) is 1. The molecule has 0 unspecified atom stereocenters. The number of rotatable bonds is 9. The van der Waals surface area contributed by atoms with Gasteiger partial charge in [0.25, 0.3) is 0 Å². The zero-order chi connectivity index (χ0) is 23.4. The van der Waals surface area contributed by atoms with E-state index in [1.807, 2.05) is 47.9 Å². The third kappa shape index (κ3) is 4.84. The van der Waals surface area contributed by atoms with Crippen molar-refractivity contribution in [2.75, 3.05) is 20.8 Å². The van der Waals surface area contributed by atoms with Crippen LogP contribution in [0.25, 0.3) is 22.6 Å². The SMILES string of the molecule is COc1ccc(OC)c(S(=O)(=O)NCCCn2c(-c3ccc(C)cc3)nc3cccnc32)c1. The molecule has 2 aromatic carbocycles. The molecule has 0 saturated heterocycles. The normalized spacial score (nSPS) is 11.6. The number of hydrogen-bond donors (Lipinski definition) is 1. The van der Waals surface area contributed by atoms with Crippen molar-refractivity contribution >= 4 is 21.2 Å². The first-order chi connectivity index (χ1) is 15.9. The minimum absolute atomic E-state index is 0.0411. The highest BCUT2D eigenvalue weighted by molar-refractivity contribution is 7.89. The molecule has 9 heteroatoms. The van der Waals surface area contributed by atoms with Gasteiger partial charge in [-0.2, -0.15) is 0 Å². The number of sulfonamides is 1. The van der Waals surface area contributed by atoms with E-state index in [2.05, 4.69) is 9.71 Å². The van der Waals surface area contributed by atoms with Crippen molar-refractivity contribution in [1.29, 1.82) is 0 Å². The van der Waals surface area contributed by atoms with Crippen LogP contribution in [0, 0.1) is 6.92 Å². The molecule has 4 rings (SSSR count). The maximum absolute atomic E-state index is 12.9. The summed E-state index contributed by atoms with van der Waals surface area (Å²) >= 11 is 0. The lowest BCUT2D eigenvalue weighted by Crippen LogP contribution is -2.26. The van der Waals surface area contributed by atoms with Crippen LogP contribution in [0.1, 0.15) is 12.0 Å². The van der Waals surface area contributed by atoms with Gasteiger partial charge in [-0.05, 0) is 37.6 Å². The van der Waals surface area contributed by atoms with Gasteiger partial charge in [0, 0.05) is 30.9 Å². The standard InChI is InChI=1S/C24H26N4O4S/c1-17-7-9-18(10-8-17)23-27-20-6-4-13-25-24(20)28(23)15-5-14-26-33(29,30)22-16-19(31-2)11-12-21(22)32-3/h4,6-13,16,26H,5,14-15H2,1-3H3. The predicted molar refractivity (Wildman–Crippen MR) is 127 cm³/mol. The summed E-state index contributed by atoms with van der Waals surface area (Å²) in [6.45, 7) is 2.83. The molecule has 0 aliphatic heterocycles. The number of benzene rings is 2. The molecule has 0 atom stereocenters. The van der Waals surface area contributed by atoms with Gasteiger partial charge < -0.3 is 14.0 Å². The van der Waals surface area contributed by atoms with E-state index in [9.17, 15) is 8.42 Å². The van der Waals surface area contributed by atoms with Crippen LogP contribution in [-0.4, -0.2) is 43.7 Å². The van der Waals surface area contributed by atoms with E-state index >= 15 is 0 Å². The van der Waals surface area contributed by atoms with Crippen LogP contribution in [0.4, 0.5) is 0 Å². The van der Waals surface area contributed by atoms with Gasteiger partial charge >= 0.3 is 0 Å². The number of aromatic nitrogens is 3. The number of aryl methyl sites for hydroxylation is 2. The number of hydrogen-bond acceptors (Lipinski definition) is 6. The molecule has 8 nitrogen and oxygen atoms in total. The van der Waals surface area contributed by atoms with E-state index in [4.69, 9.17) is 14.5 Å². The maximum atomic E-state index is 12.9. The maximum Gasteiger partial charge on any atom is 0.244 e. The Morgan fingerprint density at radius 1 is 1.03 bits per heavy atom. The Bertz CT molecular complexity index is 1370. The molecule has 0 radical (unpaired) electrons. The molecule has 172 valence electrons. The molecule has 2 heterocycles. The molecule has 1 N–H and O–H groups in total. The lowest BCUT2D eigenvalue weighted by atomic mass is 10.1. The number of pyridine rings is 1. The highest BCUT2D eigenvalue weighted by Crippen LogP contribution is 2.28. The summed E-state index contributed by atoms with van der Waals surface area (Å²) in [5.41, 5.74) is 3.72.